The fraction of sp³-hybridized carbons (Fsp3) is 0.385. The third-order valence-electron chi connectivity index (χ3n) is 6.66. The minimum atomic E-state index is -0.631. The summed E-state index contributed by atoms with van der Waals surface area (Å²) in [5.41, 5.74) is 1.26. The first-order valence-corrected chi connectivity index (χ1v) is 11.9. The van der Waals surface area contributed by atoms with Crippen LogP contribution in [0, 0.1) is 5.82 Å². The second-order valence-corrected chi connectivity index (χ2v) is 8.99. The number of fused-ring (bicyclic) bond motifs is 1. The van der Waals surface area contributed by atoms with Gasteiger partial charge in [0.05, 0.1) is 6.54 Å². The topological polar surface area (TPSA) is 69.0 Å². The summed E-state index contributed by atoms with van der Waals surface area (Å²) in [6.45, 7) is 4.79. The number of anilines is 1. The molecule has 1 N–H and O–H groups in total. The molecule has 34 heavy (non-hydrogen) atoms. The lowest BCUT2D eigenvalue weighted by atomic mass is 10.1. The van der Waals surface area contributed by atoms with Gasteiger partial charge in [-0.05, 0) is 49.2 Å². The lowest BCUT2D eigenvalue weighted by molar-refractivity contribution is -0.132. The van der Waals surface area contributed by atoms with Crippen LogP contribution in [0.25, 0.3) is 11.0 Å². The van der Waals surface area contributed by atoms with Crippen molar-refractivity contribution in [3.8, 4) is 0 Å². The molecule has 3 heterocycles. The Morgan fingerprint density at radius 2 is 1.65 bits per heavy atom. The summed E-state index contributed by atoms with van der Waals surface area (Å²) in [5.74, 6) is 0.176. The maximum Gasteiger partial charge on any atom is 0.249 e. The molecule has 7 nitrogen and oxygen atoms in total. The lowest BCUT2D eigenvalue weighted by Crippen LogP contribution is -2.52. The van der Waals surface area contributed by atoms with Gasteiger partial charge in [0, 0.05) is 50.3 Å². The number of nitrogens with one attached hydrogen (secondary N) is 1. The molecule has 3 aromatic rings. The number of hydrogen-bond donors (Lipinski definition) is 1. The molecule has 2 fully saturated rings. The second-order valence-electron chi connectivity index (χ2n) is 8.99. The molecule has 0 saturated carbocycles. The quantitative estimate of drug-likeness (QED) is 0.605. The smallest absolute Gasteiger partial charge is 0.249 e. The average molecular weight is 465 g/mol. The van der Waals surface area contributed by atoms with Crippen molar-refractivity contribution in [1.29, 1.82) is 0 Å². The fourth-order valence-corrected chi connectivity index (χ4v) is 4.79. The maximum absolute atomic E-state index is 13.4. The Bertz CT molecular complexity index is 1120. The van der Waals surface area contributed by atoms with Crippen LogP contribution in [0.2, 0.25) is 0 Å². The summed E-state index contributed by atoms with van der Waals surface area (Å²) in [6.07, 6.45) is 2.17. The Balaban J connectivity index is 1.31. The number of para-hydroxylation sites is 1. The van der Waals surface area contributed by atoms with E-state index < -0.39 is 6.04 Å². The summed E-state index contributed by atoms with van der Waals surface area (Å²) in [6, 6.07) is 14.7. The highest BCUT2D eigenvalue weighted by molar-refractivity contribution is 5.96. The van der Waals surface area contributed by atoms with E-state index in [0.29, 0.717) is 44.2 Å². The number of rotatable bonds is 6. The van der Waals surface area contributed by atoms with Gasteiger partial charge in [-0.1, -0.05) is 18.2 Å². The van der Waals surface area contributed by atoms with Gasteiger partial charge in [-0.2, -0.15) is 0 Å². The monoisotopic (exact) mass is 464 g/mol. The van der Waals surface area contributed by atoms with Gasteiger partial charge in [-0.3, -0.25) is 19.4 Å². The summed E-state index contributed by atoms with van der Waals surface area (Å²) in [5, 5.41) is 3.85. The molecular weight excluding hydrogens is 435 g/mol. The number of nitrogens with zero attached hydrogens (tertiary/aromatic N) is 3. The molecule has 0 aliphatic carbocycles. The molecule has 1 unspecified atom stereocenters. The third-order valence-corrected chi connectivity index (χ3v) is 6.66. The van der Waals surface area contributed by atoms with Crippen molar-refractivity contribution in [2.24, 2.45) is 0 Å². The van der Waals surface area contributed by atoms with E-state index in [1.54, 1.807) is 12.1 Å². The zero-order chi connectivity index (χ0) is 23.5. The highest BCUT2D eigenvalue weighted by atomic mass is 19.1. The Kier molecular flexibility index (Phi) is 6.60. The van der Waals surface area contributed by atoms with Crippen LogP contribution in [0.3, 0.4) is 0 Å². The standard InChI is InChI=1S/C26H29FN4O3/c27-20-7-9-21(10-8-20)28-26(33)25(23-17-19-5-1-2-6-22(19)34-23)31-15-13-29(14-16-31)18-24(32)30-11-3-4-12-30/h1-2,5-10,17,25H,3-4,11-16,18H2,(H,28,33). The molecule has 2 aromatic carbocycles. The van der Waals surface area contributed by atoms with Gasteiger partial charge in [-0.25, -0.2) is 4.39 Å². The van der Waals surface area contributed by atoms with Crippen LogP contribution < -0.4 is 5.32 Å². The van der Waals surface area contributed by atoms with E-state index in [-0.39, 0.29) is 17.6 Å². The zero-order valence-electron chi connectivity index (χ0n) is 19.1. The molecule has 1 atom stereocenters. The normalized spacial score (nSPS) is 18.3. The summed E-state index contributed by atoms with van der Waals surface area (Å²) >= 11 is 0. The fourth-order valence-electron chi connectivity index (χ4n) is 4.79. The van der Waals surface area contributed by atoms with Crippen LogP contribution in [-0.2, 0) is 9.59 Å². The Hall–Kier alpha value is -3.23. The Morgan fingerprint density at radius 3 is 2.35 bits per heavy atom. The largest absolute Gasteiger partial charge is 0.459 e. The van der Waals surface area contributed by atoms with E-state index >= 15 is 0 Å². The van der Waals surface area contributed by atoms with Crippen molar-refractivity contribution in [3.63, 3.8) is 0 Å². The number of furan rings is 1. The van der Waals surface area contributed by atoms with Crippen molar-refractivity contribution in [3.05, 3.63) is 66.2 Å². The van der Waals surface area contributed by atoms with Crippen LogP contribution in [0.5, 0.6) is 0 Å². The molecule has 0 spiro atoms. The molecule has 0 radical (unpaired) electrons. The molecule has 1 aromatic heterocycles. The first kappa shape index (κ1) is 22.6. The Morgan fingerprint density at radius 1 is 0.941 bits per heavy atom. The van der Waals surface area contributed by atoms with Gasteiger partial charge in [0.15, 0.2) is 0 Å². The predicted octanol–water partition coefficient (Wildman–Crippen LogP) is 3.49. The second kappa shape index (κ2) is 9.95. The molecule has 2 amide bonds. The molecule has 5 rings (SSSR count). The van der Waals surface area contributed by atoms with E-state index in [1.165, 1.54) is 12.1 Å². The van der Waals surface area contributed by atoms with E-state index in [4.69, 9.17) is 4.42 Å². The highest BCUT2D eigenvalue weighted by Crippen LogP contribution is 2.30. The Labute approximate surface area is 198 Å². The summed E-state index contributed by atoms with van der Waals surface area (Å²) < 4.78 is 19.4. The predicted molar refractivity (Wildman–Crippen MR) is 128 cm³/mol. The highest BCUT2D eigenvalue weighted by Gasteiger charge is 2.34. The average Bonchev–Trinajstić information content (AvgIpc) is 3.52. The van der Waals surface area contributed by atoms with Crippen molar-refractivity contribution < 1.29 is 18.4 Å². The lowest BCUT2D eigenvalue weighted by Gasteiger charge is -2.38. The van der Waals surface area contributed by atoms with Crippen LogP contribution >= 0.6 is 0 Å². The number of hydrogen-bond acceptors (Lipinski definition) is 5. The minimum Gasteiger partial charge on any atom is -0.459 e. The molecule has 2 aliphatic heterocycles. The molecular formula is C26H29FN4O3. The molecule has 178 valence electrons. The van der Waals surface area contributed by atoms with Crippen molar-refractivity contribution in [2.75, 3.05) is 51.1 Å². The first-order valence-electron chi connectivity index (χ1n) is 11.9. The number of amides is 2. The van der Waals surface area contributed by atoms with Crippen molar-refractivity contribution in [1.82, 2.24) is 14.7 Å². The van der Waals surface area contributed by atoms with Gasteiger partial charge >= 0.3 is 0 Å². The van der Waals surface area contributed by atoms with E-state index in [0.717, 1.165) is 36.9 Å². The van der Waals surface area contributed by atoms with Gasteiger partial charge in [-0.15, -0.1) is 0 Å². The van der Waals surface area contributed by atoms with Crippen LogP contribution in [0.1, 0.15) is 24.6 Å². The third kappa shape index (κ3) is 4.98. The van der Waals surface area contributed by atoms with Crippen molar-refractivity contribution >= 4 is 28.5 Å². The number of carbonyl (C=O) groups is 2. The van der Waals surface area contributed by atoms with E-state index in [1.807, 2.05) is 35.2 Å². The van der Waals surface area contributed by atoms with E-state index in [9.17, 15) is 14.0 Å². The number of carbonyl (C=O) groups excluding carboxylic acids is 2. The first-order chi connectivity index (χ1) is 16.6. The molecule has 2 aliphatic rings. The van der Waals surface area contributed by atoms with Crippen molar-refractivity contribution in [2.45, 2.75) is 18.9 Å². The van der Waals surface area contributed by atoms with Gasteiger partial charge in [0.25, 0.3) is 0 Å². The van der Waals surface area contributed by atoms with Gasteiger partial charge in [0.2, 0.25) is 11.8 Å². The molecule has 0 bridgehead atoms. The van der Waals surface area contributed by atoms with Gasteiger partial charge in [0.1, 0.15) is 23.2 Å². The summed E-state index contributed by atoms with van der Waals surface area (Å²) in [7, 11) is 0. The van der Waals surface area contributed by atoms with Crippen LogP contribution in [-0.4, -0.2) is 72.3 Å². The number of piperazine rings is 1. The van der Waals surface area contributed by atoms with E-state index in [2.05, 4.69) is 15.1 Å². The van der Waals surface area contributed by atoms with Gasteiger partial charge < -0.3 is 14.6 Å². The SMILES string of the molecule is O=C(Nc1ccc(F)cc1)C(c1cc2ccccc2o1)N1CCN(CC(=O)N2CCCC2)CC1. The number of likely N-dealkylation sites (tertiary alicyclic amines) is 1. The summed E-state index contributed by atoms with van der Waals surface area (Å²) in [4.78, 5) is 32.2. The number of halogens is 1. The maximum atomic E-state index is 13.4. The number of benzene rings is 2. The zero-order valence-corrected chi connectivity index (χ0v) is 19.1. The molecule has 2 saturated heterocycles. The molecule has 8 heteroatoms. The van der Waals surface area contributed by atoms with Crippen LogP contribution in [0.4, 0.5) is 10.1 Å². The van der Waals surface area contributed by atoms with Crippen LogP contribution in [0.15, 0.2) is 59.0 Å². The minimum absolute atomic E-state index is 0.189.